The summed E-state index contributed by atoms with van der Waals surface area (Å²) in [6, 6.07) is 5.49. The molecule has 0 saturated heterocycles. The van der Waals surface area contributed by atoms with Gasteiger partial charge in [0.15, 0.2) is 0 Å². The van der Waals surface area contributed by atoms with Crippen LogP contribution in [0.2, 0.25) is 0 Å². The number of hydrogen-bond donors (Lipinski definition) is 2. The molecule has 0 atom stereocenters. The van der Waals surface area contributed by atoms with Crippen molar-refractivity contribution in [2.45, 2.75) is 13.0 Å². The van der Waals surface area contributed by atoms with Gasteiger partial charge in [0.1, 0.15) is 11.6 Å². The number of pyridine rings is 1. The minimum Gasteiger partial charge on any atom is -0.390 e. The lowest BCUT2D eigenvalue weighted by Gasteiger charge is -2.04. The van der Waals surface area contributed by atoms with Gasteiger partial charge >= 0.3 is 0 Å². The van der Waals surface area contributed by atoms with E-state index in [2.05, 4.69) is 15.6 Å². The van der Waals surface area contributed by atoms with Gasteiger partial charge in [0, 0.05) is 37.6 Å². The first kappa shape index (κ1) is 15.0. The Bertz CT molecular complexity index is 467. The molecule has 6 heteroatoms. The molecule has 100 valence electrons. The summed E-state index contributed by atoms with van der Waals surface area (Å²) in [6.45, 7) is 0.970. The molecule has 1 heterocycles. The Morgan fingerprint density at radius 3 is 3.05 bits per heavy atom. The first-order valence-electron chi connectivity index (χ1n) is 5.84. The summed E-state index contributed by atoms with van der Waals surface area (Å²) in [5, 5.41) is 14.4. The molecule has 19 heavy (non-hydrogen) atoms. The molecule has 0 saturated carbocycles. The highest BCUT2D eigenvalue weighted by atomic mass is 35.5. The highest BCUT2D eigenvalue weighted by Crippen LogP contribution is 1.97. The molecule has 1 amide bonds. The zero-order valence-corrected chi connectivity index (χ0v) is 11.2. The molecule has 0 spiro atoms. The molecule has 0 aliphatic heterocycles. The lowest BCUT2D eigenvalue weighted by atomic mass is 10.2. The van der Waals surface area contributed by atoms with Gasteiger partial charge in [-0.05, 0) is 18.1 Å². The summed E-state index contributed by atoms with van der Waals surface area (Å²) < 4.78 is 0. The van der Waals surface area contributed by atoms with E-state index in [0.717, 1.165) is 12.0 Å². The topological polar surface area (TPSA) is 77.8 Å². The van der Waals surface area contributed by atoms with Gasteiger partial charge in [-0.1, -0.05) is 6.07 Å². The van der Waals surface area contributed by atoms with E-state index >= 15 is 0 Å². The number of carbonyl (C=O) groups is 1. The fourth-order valence-corrected chi connectivity index (χ4v) is 1.41. The zero-order chi connectivity index (χ0) is 13.9. The number of alkyl halides is 1. The van der Waals surface area contributed by atoms with Crippen molar-refractivity contribution in [1.29, 1.82) is 5.26 Å². The molecule has 0 aliphatic carbocycles. The Hall–Kier alpha value is -2.06. The van der Waals surface area contributed by atoms with Crippen LogP contribution >= 0.6 is 11.6 Å². The number of nitrogens with zero attached hydrogens (tertiary/aromatic N) is 2. The molecule has 1 aromatic heterocycles. The Balaban J connectivity index is 2.44. The van der Waals surface area contributed by atoms with Crippen LogP contribution in [0.5, 0.6) is 0 Å². The van der Waals surface area contributed by atoms with Crippen molar-refractivity contribution in [1.82, 2.24) is 15.6 Å². The van der Waals surface area contributed by atoms with Crippen LogP contribution in [0.4, 0.5) is 0 Å². The fraction of sp³-hybridized carbons (Fsp3) is 0.308. The number of aromatic nitrogens is 1. The smallest absolute Gasteiger partial charge is 0.263 e. The molecule has 0 aromatic carbocycles. The summed E-state index contributed by atoms with van der Waals surface area (Å²) in [5.41, 5.74) is 0.918. The van der Waals surface area contributed by atoms with Gasteiger partial charge in [-0.3, -0.25) is 9.78 Å². The highest BCUT2D eigenvalue weighted by molar-refractivity contribution is 6.17. The second kappa shape index (κ2) is 8.95. The van der Waals surface area contributed by atoms with Crippen molar-refractivity contribution in [2.24, 2.45) is 0 Å². The van der Waals surface area contributed by atoms with Crippen LogP contribution in [0.25, 0.3) is 0 Å². The summed E-state index contributed by atoms with van der Waals surface area (Å²) in [5.74, 6) is 0.125. The van der Waals surface area contributed by atoms with E-state index in [1.54, 1.807) is 18.5 Å². The minimum atomic E-state index is -0.412. The first-order chi connectivity index (χ1) is 9.27. The molecular weight excluding hydrogens is 264 g/mol. The predicted octanol–water partition coefficient (Wildman–Crippen LogP) is 1.32. The summed E-state index contributed by atoms with van der Waals surface area (Å²) >= 11 is 5.52. The molecule has 1 aromatic rings. The zero-order valence-electron chi connectivity index (χ0n) is 10.4. The molecular formula is C13H15ClN4O. The van der Waals surface area contributed by atoms with Gasteiger partial charge < -0.3 is 10.6 Å². The number of hydrogen-bond acceptors (Lipinski definition) is 4. The second-order valence-electron chi connectivity index (χ2n) is 3.71. The van der Waals surface area contributed by atoms with E-state index in [1.165, 1.54) is 6.20 Å². The van der Waals surface area contributed by atoms with Gasteiger partial charge in [-0.15, -0.1) is 11.6 Å². The van der Waals surface area contributed by atoms with E-state index in [1.807, 2.05) is 12.1 Å². The summed E-state index contributed by atoms with van der Waals surface area (Å²) in [6.07, 6.45) is 5.50. The number of rotatable bonds is 7. The number of nitrogens with one attached hydrogen (secondary N) is 2. The predicted molar refractivity (Wildman–Crippen MR) is 73.1 cm³/mol. The number of carbonyl (C=O) groups excluding carboxylic acids is 1. The average molecular weight is 279 g/mol. The number of nitriles is 1. The lowest BCUT2D eigenvalue weighted by molar-refractivity contribution is -0.117. The third kappa shape index (κ3) is 5.89. The van der Waals surface area contributed by atoms with Crippen LogP contribution in [0.1, 0.15) is 12.0 Å². The van der Waals surface area contributed by atoms with Gasteiger partial charge in [-0.25, -0.2) is 0 Å². The SMILES string of the molecule is N#C/C(=C/NCCCCl)C(=O)NCc1cccnc1. The second-order valence-corrected chi connectivity index (χ2v) is 4.09. The van der Waals surface area contributed by atoms with Crippen LogP contribution < -0.4 is 10.6 Å². The molecule has 2 N–H and O–H groups in total. The maximum atomic E-state index is 11.7. The van der Waals surface area contributed by atoms with E-state index < -0.39 is 5.91 Å². The van der Waals surface area contributed by atoms with Crippen molar-refractivity contribution < 1.29 is 4.79 Å². The van der Waals surface area contributed by atoms with E-state index in [-0.39, 0.29) is 5.57 Å². The molecule has 0 fully saturated rings. The molecule has 0 aliphatic rings. The normalized spacial score (nSPS) is 10.6. The average Bonchev–Trinajstić information content (AvgIpc) is 2.46. The largest absolute Gasteiger partial charge is 0.390 e. The highest BCUT2D eigenvalue weighted by Gasteiger charge is 2.07. The Morgan fingerprint density at radius 2 is 2.42 bits per heavy atom. The third-order valence-electron chi connectivity index (χ3n) is 2.24. The fourth-order valence-electron chi connectivity index (χ4n) is 1.27. The van der Waals surface area contributed by atoms with Gasteiger partial charge in [0.25, 0.3) is 5.91 Å². The van der Waals surface area contributed by atoms with Crippen LogP contribution in [-0.2, 0) is 11.3 Å². The molecule has 0 bridgehead atoms. The standard InChI is InChI=1S/C13H15ClN4O/c14-4-2-6-17-10-12(7-15)13(19)18-9-11-3-1-5-16-8-11/h1,3,5,8,10,17H,2,4,6,9H2,(H,18,19)/b12-10-. The Kier molecular flexibility index (Phi) is 7.06. The molecule has 5 nitrogen and oxygen atoms in total. The Labute approximate surface area is 117 Å². The summed E-state index contributed by atoms with van der Waals surface area (Å²) in [7, 11) is 0. The first-order valence-corrected chi connectivity index (χ1v) is 6.38. The van der Waals surface area contributed by atoms with Gasteiger partial charge in [0.2, 0.25) is 0 Å². The number of halogens is 1. The van der Waals surface area contributed by atoms with E-state index in [0.29, 0.717) is 19.0 Å². The van der Waals surface area contributed by atoms with E-state index in [4.69, 9.17) is 16.9 Å². The maximum Gasteiger partial charge on any atom is 0.263 e. The Morgan fingerprint density at radius 1 is 1.58 bits per heavy atom. The van der Waals surface area contributed by atoms with E-state index in [9.17, 15) is 4.79 Å². The molecule has 0 unspecified atom stereocenters. The lowest BCUT2D eigenvalue weighted by Crippen LogP contribution is -2.25. The third-order valence-corrected chi connectivity index (χ3v) is 2.51. The number of amides is 1. The van der Waals surface area contributed by atoms with Crippen LogP contribution in [0, 0.1) is 11.3 Å². The van der Waals surface area contributed by atoms with Gasteiger partial charge in [0.05, 0.1) is 0 Å². The van der Waals surface area contributed by atoms with Crippen LogP contribution in [0.3, 0.4) is 0 Å². The summed E-state index contributed by atoms with van der Waals surface area (Å²) in [4.78, 5) is 15.7. The van der Waals surface area contributed by atoms with Gasteiger partial charge in [-0.2, -0.15) is 5.26 Å². The quantitative estimate of drug-likeness (QED) is 0.341. The van der Waals surface area contributed by atoms with Crippen molar-refractivity contribution in [3.8, 4) is 6.07 Å². The monoisotopic (exact) mass is 278 g/mol. The van der Waals surface area contributed by atoms with Crippen molar-refractivity contribution in [2.75, 3.05) is 12.4 Å². The van der Waals surface area contributed by atoms with Crippen LogP contribution in [0.15, 0.2) is 36.3 Å². The van der Waals surface area contributed by atoms with Crippen molar-refractivity contribution in [3.63, 3.8) is 0 Å². The molecule has 1 rings (SSSR count). The van der Waals surface area contributed by atoms with Crippen molar-refractivity contribution in [3.05, 3.63) is 41.9 Å². The van der Waals surface area contributed by atoms with Crippen molar-refractivity contribution >= 4 is 17.5 Å². The maximum absolute atomic E-state index is 11.7. The molecule has 0 radical (unpaired) electrons. The van der Waals surface area contributed by atoms with Crippen LogP contribution in [-0.4, -0.2) is 23.3 Å². The minimum absolute atomic E-state index is 0.0402.